The molecule has 0 fully saturated rings. The van der Waals surface area contributed by atoms with Crippen molar-refractivity contribution in [3.63, 3.8) is 0 Å². The quantitative estimate of drug-likeness (QED) is 0.508. The number of ether oxygens (including phenoxy) is 1. The monoisotopic (exact) mass is 379 g/mol. The Morgan fingerprint density at radius 2 is 2.04 bits per heavy atom. The maximum absolute atomic E-state index is 12.8. The Morgan fingerprint density at radius 1 is 1.32 bits per heavy atom. The van der Waals surface area contributed by atoms with Crippen molar-refractivity contribution in [2.45, 2.75) is 39.0 Å². The molecule has 138 valence electrons. The van der Waals surface area contributed by atoms with Gasteiger partial charge in [-0.3, -0.25) is 0 Å². The van der Waals surface area contributed by atoms with Crippen molar-refractivity contribution >= 4 is 11.6 Å². The molecule has 0 aliphatic heterocycles. The minimum atomic E-state index is -4.16. The molecule has 0 unspecified atom stereocenters. The van der Waals surface area contributed by atoms with Gasteiger partial charge in [-0.25, -0.2) is 18.4 Å². The number of hydrogen-bond acceptors (Lipinski definition) is 3. The Bertz CT molecular complexity index is 721. The zero-order valence-corrected chi connectivity index (χ0v) is 14.5. The van der Waals surface area contributed by atoms with E-state index < -0.39 is 19.0 Å². The molecule has 0 aliphatic rings. The van der Waals surface area contributed by atoms with Gasteiger partial charge in [0, 0.05) is 17.9 Å². The molecule has 0 amide bonds. The van der Waals surface area contributed by atoms with Gasteiger partial charge >= 0.3 is 12.3 Å². The molecule has 4 nitrogen and oxygen atoms in total. The van der Waals surface area contributed by atoms with Crippen molar-refractivity contribution in [1.29, 1.82) is 0 Å². The number of alkyl halides is 4. The molecule has 0 spiro atoms. The normalized spacial score (nSPS) is 12.2. The second kappa shape index (κ2) is 8.14. The lowest BCUT2D eigenvalue weighted by Gasteiger charge is -2.15. The van der Waals surface area contributed by atoms with Crippen LogP contribution in [0.4, 0.5) is 17.6 Å². The van der Waals surface area contributed by atoms with Crippen molar-refractivity contribution in [1.82, 2.24) is 14.8 Å². The van der Waals surface area contributed by atoms with Gasteiger partial charge in [0.25, 0.3) is 0 Å². The van der Waals surface area contributed by atoms with Gasteiger partial charge in [0.2, 0.25) is 0 Å². The summed E-state index contributed by atoms with van der Waals surface area (Å²) in [6.07, 6.45) is -3.00. The third-order valence-electron chi connectivity index (χ3n) is 3.51. The highest BCUT2D eigenvalue weighted by Gasteiger charge is 2.40. The smallest absolute Gasteiger partial charge is 0.330 e. The van der Waals surface area contributed by atoms with Crippen LogP contribution >= 0.6 is 11.6 Å². The minimum absolute atomic E-state index is 0.161. The largest absolute Gasteiger partial charge is 0.374 e. The molecule has 1 heterocycles. The molecule has 0 atom stereocenters. The maximum Gasteiger partial charge on any atom is 0.330 e. The molecule has 1 aromatic heterocycles. The first kappa shape index (κ1) is 19.7. The van der Waals surface area contributed by atoms with E-state index in [2.05, 4.69) is 10.1 Å². The summed E-state index contributed by atoms with van der Waals surface area (Å²) in [6.45, 7) is 2.24. The van der Waals surface area contributed by atoms with Gasteiger partial charge < -0.3 is 4.74 Å². The van der Waals surface area contributed by atoms with Gasteiger partial charge in [0.05, 0.1) is 12.3 Å². The maximum atomic E-state index is 12.8. The predicted molar refractivity (Wildman–Crippen MR) is 86.0 cm³/mol. The highest BCUT2D eigenvalue weighted by Crippen LogP contribution is 2.23. The van der Waals surface area contributed by atoms with E-state index in [9.17, 15) is 17.6 Å². The Kier molecular flexibility index (Phi) is 6.40. The fraction of sp³-hybridized carbons (Fsp3) is 0.500. The van der Waals surface area contributed by atoms with E-state index in [-0.39, 0.29) is 13.0 Å². The standard InChI is InChI=1S/C16H18ClF4N3O/c1-3-13-22-14(6-7-25-9-16(20,21)15(18)19)24(23-13)12-5-4-11(17)8-10(12)2/h4-5,8,15H,3,6-7,9H2,1-2H3. The van der Waals surface area contributed by atoms with Crippen LogP contribution in [0.3, 0.4) is 0 Å². The summed E-state index contributed by atoms with van der Waals surface area (Å²) in [4.78, 5) is 4.34. The summed E-state index contributed by atoms with van der Waals surface area (Å²) in [5.74, 6) is -3.07. The van der Waals surface area contributed by atoms with Crippen LogP contribution in [0.1, 0.15) is 24.1 Å². The molecule has 0 bridgehead atoms. The second-order valence-corrected chi connectivity index (χ2v) is 5.94. The number of aryl methyl sites for hydroxylation is 2. The Balaban J connectivity index is 2.12. The first-order chi connectivity index (χ1) is 11.7. The van der Waals surface area contributed by atoms with Crippen LogP contribution in [0.2, 0.25) is 5.02 Å². The third-order valence-corrected chi connectivity index (χ3v) is 3.74. The first-order valence-corrected chi connectivity index (χ1v) is 8.07. The highest BCUT2D eigenvalue weighted by molar-refractivity contribution is 6.30. The number of halogens is 5. The van der Waals surface area contributed by atoms with Gasteiger partial charge in [0.1, 0.15) is 12.4 Å². The molecule has 0 N–H and O–H groups in total. The summed E-state index contributed by atoms with van der Waals surface area (Å²) < 4.78 is 56.2. The molecule has 2 rings (SSSR count). The van der Waals surface area contributed by atoms with Gasteiger partial charge in [-0.05, 0) is 30.7 Å². The summed E-state index contributed by atoms with van der Waals surface area (Å²) in [5, 5.41) is 4.96. The van der Waals surface area contributed by atoms with E-state index in [1.54, 1.807) is 22.9 Å². The lowest BCUT2D eigenvalue weighted by atomic mass is 10.2. The van der Waals surface area contributed by atoms with E-state index in [4.69, 9.17) is 16.3 Å². The summed E-state index contributed by atoms with van der Waals surface area (Å²) in [5.41, 5.74) is 1.62. The van der Waals surface area contributed by atoms with E-state index >= 15 is 0 Å². The average Bonchev–Trinajstić information content (AvgIpc) is 2.94. The van der Waals surface area contributed by atoms with E-state index in [0.29, 0.717) is 23.1 Å². The van der Waals surface area contributed by atoms with Crippen LogP contribution in [0.15, 0.2) is 18.2 Å². The molecule has 0 saturated carbocycles. The van der Waals surface area contributed by atoms with Crippen molar-refractivity contribution in [3.05, 3.63) is 40.4 Å². The Labute approximate surface area is 147 Å². The molecule has 25 heavy (non-hydrogen) atoms. The zero-order valence-electron chi connectivity index (χ0n) is 13.8. The van der Waals surface area contributed by atoms with E-state index in [1.165, 1.54) is 0 Å². The summed E-state index contributed by atoms with van der Waals surface area (Å²) >= 11 is 5.95. The molecule has 0 radical (unpaired) electrons. The number of aromatic nitrogens is 3. The predicted octanol–water partition coefficient (Wildman–Crippen LogP) is 4.25. The molecule has 2 aromatic rings. The lowest BCUT2D eigenvalue weighted by molar-refractivity contribution is -0.165. The third kappa shape index (κ3) is 4.92. The van der Waals surface area contributed by atoms with Crippen molar-refractivity contribution in [3.8, 4) is 5.69 Å². The van der Waals surface area contributed by atoms with Crippen LogP contribution in [0.5, 0.6) is 0 Å². The molecule has 0 aliphatic carbocycles. The van der Waals surface area contributed by atoms with E-state index in [1.807, 2.05) is 13.8 Å². The SMILES string of the molecule is CCc1nc(CCOCC(F)(F)C(F)F)n(-c2ccc(Cl)cc2C)n1. The first-order valence-electron chi connectivity index (χ1n) is 7.69. The van der Waals surface area contributed by atoms with Gasteiger partial charge in [-0.1, -0.05) is 18.5 Å². The molecule has 9 heteroatoms. The van der Waals surface area contributed by atoms with Crippen molar-refractivity contribution in [2.75, 3.05) is 13.2 Å². The van der Waals surface area contributed by atoms with Crippen LogP contribution in [0.25, 0.3) is 5.69 Å². The Hall–Kier alpha value is -1.67. The molecule has 0 saturated heterocycles. The van der Waals surface area contributed by atoms with Gasteiger partial charge in [0.15, 0.2) is 5.82 Å². The van der Waals surface area contributed by atoms with Crippen LogP contribution in [0, 0.1) is 6.92 Å². The van der Waals surface area contributed by atoms with Crippen molar-refractivity contribution in [2.24, 2.45) is 0 Å². The fourth-order valence-corrected chi connectivity index (χ4v) is 2.41. The molecule has 1 aromatic carbocycles. The highest BCUT2D eigenvalue weighted by atomic mass is 35.5. The van der Waals surface area contributed by atoms with E-state index in [0.717, 1.165) is 11.3 Å². The molecular formula is C16H18ClF4N3O. The van der Waals surface area contributed by atoms with Gasteiger partial charge in [-0.2, -0.15) is 13.9 Å². The van der Waals surface area contributed by atoms with Crippen LogP contribution in [-0.4, -0.2) is 40.3 Å². The number of hydrogen-bond donors (Lipinski definition) is 0. The minimum Gasteiger partial charge on any atom is -0.374 e. The lowest BCUT2D eigenvalue weighted by Crippen LogP contribution is -2.32. The van der Waals surface area contributed by atoms with Crippen LogP contribution in [-0.2, 0) is 17.6 Å². The summed E-state index contributed by atoms with van der Waals surface area (Å²) in [7, 11) is 0. The average molecular weight is 380 g/mol. The number of rotatable bonds is 8. The topological polar surface area (TPSA) is 39.9 Å². The fourth-order valence-electron chi connectivity index (χ4n) is 2.19. The number of nitrogens with zero attached hydrogens (tertiary/aromatic N) is 3. The van der Waals surface area contributed by atoms with Gasteiger partial charge in [-0.15, -0.1) is 0 Å². The Morgan fingerprint density at radius 3 is 2.64 bits per heavy atom. The molecular weight excluding hydrogens is 362 g/mol. The second-order valence-electron chi connectivity index (χ2n) is 5.50. The van der Waals surface area contributed by atoms with Crippen molar-refractivity contribution < 1.29 is 22.3 Å². The van der Waals surface area contributed by atoms with Crippen LogP contribution < -0.4 is 0 Å². The summed E-state index contributed by atoms with van der Waals surface area (Å²) in [6, 6.07) is 5.26. The zero-order chi connectivity index (χ0) is 18.6. The number of benzene rings is 1.